The van der Waals surface area contributed by atoms with Crippen molar-refractivity contribution in [3.05, 3.63) is 70.0 Å². The Kier molecular flexibility index (Phi) is 3.53. The topological polar surface area (TPSA) is 12.0 Å². The fourth-order valence-electron chi connectivity index (χ4n) is 2.81. The molecule has 1 aliphatic heterocycles. The van der Waals surface area contributed by atoms with Gasteiger partial charge in [-0.1, -0.05) is 47.5 Å². The molecule has 0 radical (unpaired) electrons. The number of nitrogens with one attached hydrogen (secondary N) is 1. The molecule has 2 aromatic rings. The van der Waals surface area contributed by atoms with Crippen LogP contribution in [0.1, 0.15) is 16.7 Å². The molecule has 2 aromatic carbocycles. The zero-order chi connectivity index (χ0) is 14.2. The first kappa shape index (κ1) is 13.6. The van der Waals surface area contributed by atoms with Gasteiger partial charge in [-0.2, -0.15) is 0 Å². The van der Waals surface area contributed by atoms with E-state index in [1.54, 1.807) is 12.1 Å². The summed E-state index contributed by atoms with van der Waals surface area (Å²) in [4.78, 5) is 0. The molecule has 1 heterocycles. The molecule has 1 N–H and O–H groups in total. The summed E-state index contributed by atoms with van der Waals surface area (Å²) in [6.07, 6.45) is 0.831. The monoisotopic (exact) mass is 289 g/mol. The van der Waals surface area contributed by atoms with E-state index in [1.165, 1.54) is 11.1 Å². The van der Waals surface area contributed by atoms with E-state index in [-0.39, 0.29) is 16.3 Å². The highest BCUT2D eigenvalue weighted by Gasteiger charge is 2.38. The fraction of sp³-hybridized carbons (Fsp3) is 0.294. The highest BCUT2D eigenvalue weighted by atomic mass is 35.5. The van der Waals surface area contributed by atoms with E-state index >= 15 is 0 Å². The van der Waals surface area contributed by atoms with Gasteiger partial charge in [0, 0.05) is 18.5 Å². The Morgan fingerprint density at radius 2 is 1.85 bits per heavy atom. The van der Waals surface area contributed by atoms with Gasteiger partial charge in [0.2, 0.25) is 0 Å². The maximum atomic E-state index is 13.6. The molecule has 0 atom stereocenters. The van der Waals surface area contributed by atoms with Crippen molar-refractivity contribution >= 4 is 11.6 Å². The Balaban J connectivity index is 1.89. The van der Waals surface area contributed by atoms with E-state index < -0.39 is 0 Å². The summed E-state index contributed by atoms with van der Waals surface area (Å²) >= 11 is 5.75. The predicted octanol–water partition coefficient (Wildman–Crippen LogP) is 3.87. The average molecular weight is 290 g/mol. The third kappa shape index (κ3) is 2.46. The van der Waals surface area contributed by atoms with Crippen molar-refractivity contribution in [3.8, 4) is 0 Å². The van der Waals surface area contributed by atoms with Crippen LogP contribution in [0.15, 0.2) is 42.5 Å². The molecule has 1 aliphatic rings. The second-order valence-corrected chi connectivity index (χ2v) is 6.08. The Bertz CT molecular complexity index is 617. The van der Waals surface area contributed by atoms with E-state index in [9.17, 15) is 4.39 Å². The number of benzene rings is 2. The predicted molar refractivity (Wildman–Crippen MR) is 80.8 cm³/mol. The summed E-state index contributed by atoms with van der Waals surface area (Å²) in [5.74, 6) is -0.337. The number of aryl methyl sites for hydroxylation is 1. The first-order valence-electron chi connectivity index (χ1n) is 6.81. The van der Waals surface area contributed by atoms with Crippen molar-refractivity contribution in [2.45, 2.75) is 18.8 Å². The molecule has 0 aromatic heterocycles. The van der Waals surface area contributed by atoms with Gasteiger partial charge in [-0.05, 0) is 36.6 Å². The summed E-state index contributed by atoms with van der Waals surface area (Å²) in [7, 11) is 0. The van der Waals surface area contributed by atoms with Crippen molar-refractivity contribution in [2.75, 3.05) is 13.1 Å². The van der Waals surface area contributed by atoms with Crippen LogP contribution in [-0.2, 0) is 11.8 Å². The van der Waals surface area contributed by atoms with E-state index in [4.69, 9.17) is 11.6 Å². The van der Waals surface area contributed by atoms with Crippen LogP contribution in [0.4, 0.5) is 4.39 Å². The normalized spacial score (nSPS) is 16.8. The third-order valence-electron chi connectivity index (χ3n) is 4.12. The lowest BCUT2D eigenvalue weighted by molar-refractivity contribution is 0.274. The van der Waals surface area contributed by atoms with Gasteiger partial charge in [-0.15, -0.1) is 0 Å². The van der Waals surface area contributed by atoms with Gasteiger partial charge in [-0.25, -0.2) is 4.39 Å². The van der Waals surface area contributed by atoms with Crippen LogP contribution in [0.3, 0.4) is 0 Å². The lowest BCUT2D eigenvalue weighted by atomic mass is 9.71. The molecule has 0 saturated carbocycles. The molecule has 20 heavy (non-hydrogen) atoms. The number of rotatable bonds is 3. The minimum Gasteiger partial charge on any atom is -0.315 e. The van der Waals surface area contributed by atoms with E-state index in [2.05, 4.69) is 36.5 Å². The van der Waals surface area contributed by atoms with Gasteiger partial charge < -0.3 is 5.32 Å². The van der Waals surface area contributed by atoms with Crippen molar-refractivity contribution in [1.29, 1.82) is 0 Å². The minimum atomic E-state index is -0.337. The molecule has 1 nitrogen and oxygen atoms in total. The van der Waals surface area contributed by atoms with Gasteiger partial charge in [0.1, 0.15) is 5.82 Å². The van der Waals surface area contributed by atoms with E-state index in [1.807, 2.05) is 6.07 Å². The summed E-state index contributed by atoms with van der Waals surface area (Å²) in [6.45, 7) is 3.95. The van der Waals surface area contributed by atoms with Crippen molar-refractivity contribution in [1.82, 2.24) is 5.32 Å². The van der Waals surface area contributed by atoms with Crippen molar-refractivity contribution in [3.63, 3.8) is 0 Å². The smallest absolute Gasteiger partial charge is 0.142 e. The Morgan fingerprint density at radius 3 is 2.40 bits per heavy atom. The lowest BCUT2D eigenvalue weighted by Gasteiger charge is -2.43. The maximum absolute atomic E-state index is 13.6. The van der Waals surface area contributed by atoms with Gasteiger partial charge in [-0.3, -0.25) is 0 Å². The average Bonchev–Trinajstić information content (AvgIpc) is 2.39. The molecule has 0 unspecified atom stereocenters. The molecule has 3 heteroatoms. The number of hydrogen-bond donors (Lipinski definition) is 1. The summed E-state index contributed by atoms with van der Waals surface area (Å²) in [6, 6.07) is 13.7. The molecular formula is C17H17ClFN. The number of halogens is 2. The molecule has 1 fully saturated rings. The second kappa shape index (κ2) is 5.19. The molecule has 1 saturated heterocycles. The molecule has 3 rings (SSSR count). The molecule has 0 amide bonds. The summed E-state index contributed by atoms with van der Waals surface area (Å²) in [5.41, 5.74) is 3.65. The first-order valence-corrected chi connectivity index (χ1v) is 7.19. The van der Waals surface area contributed by atoms with Crippen LogP contribution in [0.5, 0.6) is 0 Å². The highest BCUT2D eigenvalue weighted by molar-refractivity contribution is 6.30. The van der Waals surface area contributed by atoms with Crippen LogP contribution >= 0.6 is 11.6 Å². The van der Waals surface area contributed by atoms with Crippen molar-refractivity contribution < 1.29 is 4.39 Å². The third-order valence-corrected chi connectivity index (χ3v) is 4.42. The van der Waals surface area contributed by atoms with Gasteiger partial charge in [0.05, 0.1) is 5.02 Å². The first-order chi connectivity index (χ1) is 9.59. The maximum Gasteiger partial charge on any atom is 0.142 e. The second-order valence-electron chi connectivity index (χ2n) is 5.68. The Morgan fingerprint density at radius 1 is 1.15 bits per heavy atom. The SMILES string of the molecule is Cc1ccc(C2(Cc3ccc(Cl)c(F)c3)CNC2)cc1. The molecule has 0 spiro atoms. The van der Waals surface area contributed by atoms with Crippen molar-refractivity contribution in [2.24, 2.45) is 0 Å². The van der Waals surface area contributed by atoms with Crippen LogP contribution in [0, 0.1) is 12.7 Å². The summed E-state index contributed by atoms with van der Waals surface area (Å²) in [5, 5.41) is 3.53. The van der Waals surface area contributed by atoms with Gasteiger partial charge in [0.15, 0.2) is 0 Å². The Hall–Kier alpha value is -1.38. The van der Waals surface area contributed by atoms with Crippen LogP contribution < -0.4 is 5.32 Å². The minimum absolute atomic E-state index is 0.0774. The Labute approximate surface area is 123 Å². The molecule has 0 bridgehead atoms. The molecule has 0 aliphatic carbocycles. The molecular weight excluding hydrogens is 273 g/mol. The number of hydrogen-bond acceptors (Lipinski definition) is 1. The largest absolute Gasteiger partial charge is 0.315 e. The lowest BCUT2D eigenvalue weighted by Crippen LogP contribution is -2.58. The quantitative estimate of drug-likeness (QED) is 0.904. The van der Waals surface area contributed by atoms with E-state index in [0.717, 1.165) is 25.1 Å². The van der Waals surface area contributed by atoms with Crippen LogP contribution in [-0.4, -0.2) is 13.1 Å². The van der Waals surface area contributed by atoms with Crippen LogP contribution in [0.2, 0.25) is 5.02 Å². The zero-order valence-electron chi connectivity index (χ0n) is 11.4. The van der Waals surface area contributed by atoms with Gasteiger partial charge in [0.25, 0.3) is 0 Å². The van der Waals surface area contributed by atoms with Crippen LogP contribution in [0.25, 0.3) is 0 Å². The summed E-state index contributed by atoms with van der Waals surface area (Å²) < 4.78 is 13.6. The fourth-order valence-corrected chi connectivity index (χ4v) is 2.92. The standard InChI is InChI=1S/C17H17ClFN/c1-12-2-5-14(6-3-12)17(10-20-11-17)9-13-4-7-15(18)16(19)8-13/h2-8,20H,9-11H2,1H3. The highest BCUT2D eigenvalue weighted by Crippen LogP contribution is 2.33. The van der Waals surface area contributed by atoms with Gasteiger partial charge >= 0.3 is 0 Å². The zero-order valence-corrected chi connectivity index (χ0v) is 12.2. The molecule has 104 valence electrons. The van der Waals surface area contributed by atoms with E-state index in [0.29, 0.717) is 0 Å².